The first-order chi connectivity index (χ1) is 10.7. The van der Waals surface area contributed by atoms with Crippen LogP contribution in [0.2, 0.25) is 5.02 Å². The third-order valence-electron chi connectivity index (χ3n) is 4.11. The summed E-state index contributed by atoms with van der Waals surface area (Å²) in [7, 11) is -7.03. The van der Waals surface area contributed by atoms with Gasteiger partial charge in [0, 0.05) is 12.1 Å². The van der Waals surface area contributed by atoms with Gasteiger partial charge in [0.05, 0.1) is 27.0 Å². The average molecular weight is 375 g/mol. The third kappa shape index (κ3) is 3.24. The normalized spacial score (nSPS) is 23.8. The van der Waals surface area contributed by atoms with Crippen molar-refractivity contribution in [2.75, 3.05) is 11.5 Å². The molecule has 1 saturated heterocycles. The number of sulfonamides is 1. The molecule has 1 aromatic rings. The summed E-state index contributed by atoms with van der Waals surface area (Å²) in [6, 6.07) is 5.19. The zero-order valence-corrected chi connectivity index (χ0v) is 14.5. The second kappa shape index (κ2) is 5.74. The minimum Gasteiger partial charge on any atom is -0.229 e. The number of rotatable bonds is 4. The van der Waals surface area contributed by atoms with Gasteiger partial charge < -0.3 is 0 Å². The highest BCUT2D eigenvalue weighted by Gasteiger charge is 2.46. The van der Waals surface area contributed by atoms with Crippen LogP contribution >= 0.6 is 11.6 Å². The van der Waals surface area contributed by atoms with Crippen molar-refractivity contribution in [2.45, 2.75) is 36.2 Å². The Morgan fingerprint density at radius 2 is 1.91 bits per heavy atom. The molecule has 1 aliphatic carbocycles. The molecule has 2 fully saturated rings. The fourth-order valence-electron chi connectivity index (χ4n) is 2.86. The highest BCUT2D eigenvalue weighted by Crippen LogP contribution is 2.37. The molecule has 1 aromatic carbocycles. The number of nitrogens with zero attached hydrogens (tertiary/aromatic N) is 2. The molecule has 0 bridgehead atoms. The summed E-state index contributed by atoms with van der Waals surface area (Å²) in [6.07, 6.45) is 1.79. The average Bonchev–Trinajstić information content (AvgIpc) is 3.22. The van der Waals surface area contributed by atoms with E-state index in [4.69, 9.17) is 16.9 Å². The van der Waals surface area contributed by atoms with Crippen LogP contribution in [0.4, 0.5) is 0 Å². The van der Waals surface area contributed by atoms with Crippen LogP contribution in [0.25, 0.3) is 0 Å². The summed E-state index contributed by atoms with van der Waals surface area (Å²) in [6.45, 7) is 0. The highest BCUT2D eigenvalue weighted by atomic mass is 35.5. The Labute approximate surface area is 140 Å². The van der Waals surface area contributed by atoms with Crippen LogP contribution < -0.4 is 0 Å². The fraction of sp³-hybridized carbons (Fsp3) is 0.500. The van der Waals surface area contributed by atoms with E-state index in [1.807, 2.05) is 6.07 Å². The standard InChI is InChI=1S/C14H15ClN2O4S2/c15-14-7-13(4-1-10(14)8-16)23(20,21)17(11-2-3-11)12-5-6-22(18,19)9-12/h1,4,7,11-12H,2-3,5-6,9H2/t12-/m1/s1. The lowest BCUT2D eigenvalue weighted by Gasteiger charge is -2.27. The first-order valence-corrected chi connectivity index (χ1v) is 10.8. The molecule has 0 N–H and O–H groups in total. The Kier molecular flexibility index (Phi) is 4.17. The Morgan fingerprint density at radius 3 is 2.39 bits per heavy atom. The van der Waals surface area contributed by atoms with E-state index >= 15 is 0 Å². The highest BCUT2D eigenvalue weighted by molar-refractivity contribution is 7.92. The van der Waals surface area contributed by atoms with Crippen molar-refractivity contribution < 1.29 is 16.8 Å². The molecule has 1 heterocycles. The fourth-order valence-corrected chi connectivity index (χ4v) is 6.88. The molecular weight excluding hydrogens is 360 g/mol. The van der Waals surface area contributed by atoms with E-state index in [9.17, 15) is 16.8 Å². The first kappa shape index (κ1) is 16.7. The van der Waals surface area contributed by atoms with Crippen LogP contribution in [0.5, 0.6) is 0 Å². The Bertz CT molecular complexity index is 886. The molecule has 0 spiro atoms. The molecule has 0 unspecified atom stereocenters. The van der Waals surface area contributed by atoms with Gasteiger partial charge in [0.1, 0.15) is 6.07 Å². The molecule has 0 amide bonds. The van der Waals surface area contributed by atoms with Crippen molar-refractivity contribution in [2.24, 2.45) is 0 Å². The Balaban J connectivity index is 1.99. The van der Waals surface area contributed by atoms with Crippen LogP contribution in [-0.2, 0) is 19.9 Å². The van der Waals surface area contributed by atoms with Gasteiger partial charge in [-0.3, -0.25) is 0 Å². The minimum absolute atomic E-state index is 0.00213. The first-order valence-electron chi connectivity index (χ1n) is 7.18. The van der Waals surface area contributed by atoms with Gasteiger partial charge in [-0.15, -0.1) is 0 Å². The van der Waals surface area contributed by atoms with E-state index in [0.717, 1.165) is 12.8 Å². The van der Waals surface area contributed by atoms with E-state index in [2.05, 4.69) is 0 Å². The largest absolute Gasteiger partial charge is 0.243 e. The van der Waals surface area contributed by atoms with Crippen molar-refractivity contribution in [1.82, 2.24) is 4.31 Å². The van der Waals surface area contributed by atoms with E-state index in [1.165, 1.54) is 22.5 Å². The van der Waals surface area contributed by atoms with Crippen molar-refractivity contribution >= 4 is 31.5 Å². The zero-order valence-electron chi connectivity index (χ0n) is 12.1. The van der Waals surface area contributed by atoms with Gasteiger partial charge in [-0.2, -0.15) is 9.57 Å². The predicted octanol–water partition coefficient (Wildman–Crippen LogP) is 1.55. The summed E-state index contributed by atoms with van der Waals surface area (Å²) >= 11 is 5.94. The maximum absolute atomic E-state index is 13.0. The smallest absolute Gasteiger partial charge is 0.229 e. The van der Waals surface area contributed by atoms with Crippen LogP contribution in [-0.4, -0.2) is 44.7 Å². The van der Waals surface area contributed by atoms with Crippen LogP contribution in [0, 0.1) is 11.3 Å². The molecular formula is C14H15ClN2O4S2. The Morgan fingerprint density at radius 1 is 1.22 bits per heavy atom. The van der Waals surface area contributed by atoms with Gasteiger partial charge in [0.15, 0.2) is 9.84 Å². The number of hydrogen-bond acceptors (Lipinski definition) is 5. The van der Waals surface area contributed by atoms with Crippen molar-refractivity contribution in [3.63, 3.8) is 0 Å². The summed E-state index contributed by atoms with van der Waals surface area (Å²) in [5.74, 6) is -0.114. The molecule has 0 radical (unpaired) electrons. The van der Waals surface area contributed by atoms with Crippen molar-refractivity contribution in [1.29, 1.82) is 5.26 Å². The Hall–Kier alpha value is -1.14. The minimum atomic E-state index is -3.84. The second-order valence-corrected chi connectivity index (χ2v) is 10.4. The van der Waals surface area contributed by atoms with Gasteiger partial charge in [0.25, 0.3) is 0 Å². The summed E-state index contributed by atoms with van der Waals surface area (Å²) in [5, 5.41) is 8.96. The number of benzene rings is 1. The molecule has 2 aliphatic rings. The topological polar surface area (TPSA) is 95.3 Å². The van der Waals surface area contributed by atoms with E-state index in [-0.39, 0.29) is 33.0 Å². The number of hydrogen-bond donors (Lipinski definition) is 0. The van der Waals surface area contributed by atoms with Crippen LogP contribution in [0.3, 0.4) is 0 Å². The van der Waals surface area contributed by atoms with Gasteiger partial charge in [-0.1, -0.05) is 11.6 Å². The number of halogens is 1. The lowest BCUT2D eigenvalue weighted by Crippen LogP contribution is -2.42. The quantitative estimate of drug-likeness (QED) is 0.796. The molecule has 1 aliphatic heterocycles. The molecule has 1 atom stereocenters. The van der Waals surface area contributed by atoms with E-state index in [1.54, 1.807) is 0 Å². The number of sulfone groups is 1. The van der Waals surface area contributed by atoms with Crippen LogP contribution in [0.15, 0.2) is 23.1 Å². The van der Waals surface area contributed by atoms with Crippen molar-refractivity contribution in [3.8, 4) is 6.07 Å². The summed E-state index contributed by atoms with van der Waals surface area (Å²) in [5.41, 5.74) is 0.201. The lowest BCUT2D eigenvalue weighted by atomic mass is 10.2. The molecule has 9 heteroatoms. The zero-order chi connectivity index (χ0) is 16.8. The number of nitriles is 1. The summed E-state index contributed by atoms with van der Waals surface area (Å²) in [4.78, 5) is -0.00213. The lowest BCUT2D eigenvalue weighted by molar-refractivity contribution is 0.332. The van der Waals surface area contributed by atoms with Gasteiger partial charge >= 0.3 is 0 Å². The van der Waals surface area contributed by atoms with Gasteiger partial charge in [-0.05, 0) is 37.5 Å². The maximum Gasteiger partial charge on any atom is 0.243 e. The molecule has 1 saturated carbocycles. The second-order valence-electron chi connectivity index (χ2n) is 5.88. The molecule has 0 aromatic heterocycles. The van der Waals surface area contributed by atoms with Crippen LogP contribution in [0.1, 0.15) is 24.8 Å². The van der Waals surface area contributed by atoms with E-state index in [0.29, 0.717) is 6.42 Å². The predicted molar refractivity (Wildman–Crippen MR) is 85.3 cm³/mol. The monoisotopic (exact) mass is 374 g/mol. The van der Waals surface area contributed by atoms with Crippen molar-refractivity contribution in [3.05, 3.63) is 28.8 Å². The molecule has 3 rings (SSSR count). The summed E-state index contributed by atoms with van der Waals surface area (Å²) < 4.78 is 50.7. The third-order valence-corrected chi connectivity index (χ3v) is 8.18. The molecule has 23 heavy (non-hydrogen) atoms. The molecule has 6 nitrogen and oxygen atoms in total. The van der Waals surface area contributed by atoms with E-state index < -0.39 is 25.9 Å². The van der Waals surface area contributed by atoms with Gasteiger partial charge in [0.2, 0.25) is 10.0 Å². The SMILES string of the molecule is N#Cc1ccc(S(=O)(=O)N(C2CC2)[C@@H]2CCS(=O)(=O)C2)cc1Cl. The molecule has 124 valence electrons. The van der Waals surface area contributed by atoms with Gasteiger partial charge in [-0.25, -0.2) is 16.8 Å². The maximum atomic E-state index is 13.0.